The van der Waals surface area contributed by atoms with E-state index in [-0.39, 0.29) is 0 Å². The molecule has 0 radical (unpaired) electrons. The fraction of sp³-hybridized carbons (Fsp3) is 0.455. The van der Waals surface area contributed by atoms with Gasteiger partial charge >= 0.3 is 12.4 Å². The summed E-state index contributed by atoms with van der Waals surface area (Å²) in [6, 6.07) is 1.51. The van der Waals surface area contributed by atoms with E-state index in [4.69, 9.17) is 5.11 Å². The fourth-order valence-corrected chi connectivity index (χ4v) is 1.71. The van der Waals surface area contributed by atoms with Crippen molar-refractivity contribution in [2.45, 2.75) is 24.9 Å². The number of halogens is 8. The second-order valence-corrected chi connectivity index (χ2v) is 4.11. The molecule has 1 N–H and O–H groups in total. The van der Waals surface area contributed by atoms with Gasteiger partial charge < -0.3 is 5.11 Å². The SMILES string of the molecule is OC(Cc1cc(F)cc(F)c1)C(C(F)(F)F)C(F)(F)F. The number of benzene rings is 1. The van der Waals surface area contributed by atoms with Crippen LogP contribution in [0, 0.1) is 17.6 Å². The van der Waals surface area contributed by atoms with Crippen LogP contribution >= 0.6 is 0 Å². The summed E-state index contributed by atoms with van der Waals surface area (Å²) < 4.78 is 99.4. The zero-order valence-corrected chi connectivity index (χ0v) is 9.56. The van der Waals surface area contributed by atoms with Crippen LogP contribution in [0.15, 0.2) is 18.2 Å². The molecule has 1 rings (SSSR count). The van der Waals surface area contributed by atoms with Crippen LogP contribution in [0.25, 0.3) is 0 Å². The first-order chi connectivity index (χ1) is 8.91. The molecule has 9 heteroatoms. The molecular weight excluding hydrogens is 300 g/mol. The van der Waals surface area contributed by atoms with Gasteiger partial charge in [0, 0.05) is 6.07 Å². The highest BCUT2D eigenvalue weighted by Crippen LogP contribution is 2.42. The van der Waals surface area contributed by atoms with Crippen LogP contribution in [0.2, 0.25) is 0 Å². The highest BCUT2D eigenvalue weighted by Gasteiger charge is 2.59. The summed E-state index contributed by atoms with van der Waals surface area (Å²) in [6.45, 7) is 0. The third-order valence-electron chi connectivity index (χ3n) is 2.46. The average Bonchev–Trinajstić information content (AvgIpc) is 2.08. The van der Waals surface area contributed by atoms with Crippen molar-refractivity contribution in [2.24, 2.45) is 5.92 Å². The number of aliphatic hydroxyl groups is 1. The molecule has 0 spiro atoms. The molecule has 20 heavy (non-hydrogen) atoms. The lowest BCUT2D eigenvalue weighted by Gasteiger charge is -2.27. The van der Waals surface area contributed by atoms with E-state index in [0.29, 0.717) is 18.2 Å². The van der Waals surface area contributed by atoms with E-state index < -0.39 is 48.0 Å². The van der Waals surface area contributed by atoms with Crippen molar-refractivity contribution >= 4 is 0 Å². The van der Waals surface area contributed by atoms with E-state index in [1.54, 1.807) is 0 Å². The standard InChI is InChI=1S/C11H8F8O/c12-6-1-5(2-7(13)4-6)3-8(20)9(10(14,15)16)11(17,18)19/h1-2,4,8-9,20H,3H2. The van der Waals surface area contributed by atoms with Gasteiger partial charge in [-0.15, -0.1) is 0 Å². The van der Waals surface area contributed by atoms with Gasteiger partial charge in [0.2, 0.25) is 0 Å². The highest BCUT2D eigenvalue weighted by atomic mass is 19.4. The van der Waals surface area contributed by atoms with Gasteiger partial charge in [-0.2, -0.15) is 26.3 Å². The molecule has 0 heterocycles. The predicted molar refractivity (Wildman–Crippen MR) is 51.7 cm³/mol. The molecule has 0 aromatic heterocycles. The molecule has 1 atom stereocenters. The summed E-state index contributed by atoms with van der Waals surface area (Å²) in [4.78, 5) is 0. The second-order valence-electron chi connectivity index (χ2n) is 4.11. The average molecular weight is 308 g/mol. The maximum absolute atomic E-state index is 12.8. The van der Waals surface area contributed by atoms with Crippen LogP contribution in [0.4, 0.5) is 35.1 Å². The van der Waals surface area contributed by atoms with Crippen LogP contribution < -0.4 is 0 Å². The van der Waals surface area contributed by atoms with E-state index in [2.05, 4.69) is 0 Å². The summed E-state index contributed by atoms with van der Waals surface area (Å²) in [5.41, 5.74) is -0.506. The van der Waals surface area contributed by atoms with Gasteiger partial charge in [-0.1, -0.05) is 0 Å². The minimum Gasteiger partial charge on any atom is -0.392 e. The molecule has 0 aliphatic heterocycles. The number of rotatable bonds is 3. The minimum absolute atomic E-state index is 0.404. The Hall–Kier alpha value is -1.38. The molecule has 0 aliphatic rings. The first kappa shape index (κ1) is 16.7. The van der Waals surface area contributed by atoms with E-state index in [9.17, 15) is 35.1 Å². The van der Waals surface area contributed by atoms with E-state index in [0.717, 1.165) is 0 Å². The fourth-order valence-electron chi connectivity index (χ4n) is 1.71. The summed E-state index contributed by atoms with van der Waals surface area (Å²) in [6.07, 6.45) is -15.5. The molecule has 0 saturated heterocycles. The monoisotopic (exact) mass is 308 g/mol. The van der Waals surface area contributed by atoms with Gasteiger partial charge in [-0.05, 0) is 24.1 Å². The number of hydrogen-bond acceptors (Lipinski definition) is 1. The van der Waals surface area contributed by atoms with Gasteiger partial charge in [-0.3, -0.25) is 0 Å². The Morgan fingerprint density at radius 1 is 0.850 bits per heavy atom. The Balaban J connectivity index is 3.00. The molecule has 0 bridgehead atoms. The lowest BCUT2D eigenvalue weighted by molar-refractivity contribution is -0.305. The van der Waals surface area contributed by atoms with Crippen molar-refractivity contribution < 1.29 is 40.2 Å². The maximum Gasteiger partial charge on any atom is 0.403 e. The molecule has 1 aromatic rings. The number of aliphatic hydroxyl groups excluding tert-OH is 1. The smallest absolute Gasteiger partial charge is 0.392 e. The third-order valence-corrected chi connectivity index (χ3v) is 2.46. The highest BCUT2D eigenvalue weighted by molar-refractivity contribution is 5.19. The van der Waals surface area contributed by atoms with Gasteiger partial charge in [-0.25, -0.2) is 8.78 Å². The Labute approximate surface area is 107 Å². The molecule has 114 valence electrons. The van der Waals surface area contributed by atoms with Crippen LogP contribution in [-0.2, 0) is 6.42 Å². The molecule has 1 nitrogen and oxygen atoms in total. The first-order valence-corrected chi connectivity index (χ1v) is 5.17. The van der Waals surface area contributed by atoms with E-state index >= 15 is 0 Å². The normalized spacial score (nSPS) is 14.7. The Bertz CT molecular complexity index is 430. The topological polar surface area (TPSA) is 20.2 Å². The zero-order chi connectivity index (χ0) is 15.7. The van der Waals surface area contributed by atoms with E-state index in [1.165, 1.54) is 0 Å². The molecular formula is C11H8F8O. The van der Waals surface area contributed by atoms with Crippen molar-refractivity contribution in [1.29, 1.82) is 0 Å². The molecule has 0 saturated carbocycles. The largest absolute Gasteiger partial charge is 0.403 e. The number of hydrogen-bond donors (Lipinski definition) is 1. The minimum atomic E-state index is -5.72. The van der Waals surface area contributed by atoms with Gasteiger partial charge in [0.1, 0.15) is 11.6 Å². The lowest BCUT2D eigenvalue weighted by atomic mass is 9.95. The summed E-state index contributed by atoms with van der Waals surface area (Å²) in [5.74, 6) is -6.31. The summed E-state index contributed by atoms with van der Waals surface area (Å²) in [7, 11) is 0. The van der Waals surface area contributed by atoms with Crippen molar-refractivity contribution in [3.8, 4) is 0 Å². The predicted octanol–water partition coefficient (Wildman–Crippen LogP) is 3.61. The summed E-state index contributed by atoms with van der Waals surface area (Å²) >= 11 is 0. The quantitative estimate of drug-likeness (QED) is 0.846. The molecule has 0 amide bonds. The van der Waals surface area contributed by atoms with Gasteiger partial charge in [0.25, 0.3) is 0 Å². The Kier molecular flexibility index (Phi) is 4.62. The first-order valence-electron chi connectivity index (χ1n) is 5.17. The van der Waals surface area contributed by atoms with Crippen molar-refractivity contribution in [1.82, 2.24) is 0 Å². The molecule has 1 unspecified atom stereocenters. The number of alkyl halides is 6. The van der Waals surface area contributed by atoms with Crippen molar-refractivity contribution in [3.63, 3.8) is 0 Å². The third kappa shape index (κ3) is 4.32. The lowest BCUT2D eigenvalue weighted by Crippen LogP contribution is -2.45. The van der Waals surface area contributed by atoms with Gasteiger partial charge in [0.05, 0.1) is 6.10 Å². The van der Waals surface area contributed by atoms with E-state index in [1.807, 2.05) is 0 Å². The van der Waals surface area contributed by atoms with Gasteiger partial charge in [0.15, 0.2) is 5.92 Å². The molecule has 1 aromatic carbocycles. The van der Waals surface area contributed by atoms with Crippen LogP contribution in [0.1, 0.15) is 5.56 Å². The van der Waals surface area contributed by atoms with Crippen molar-refractivity contribution in [3.05, 3.63) is 35.4 Å². The molecule has 0 fully saturated rings. The Morgan fingerprint density at radius 2 is 1.25 bits per heavy atom. The van der Waals surface area contributed by atoms with Crippen molar-refractivity contribution in [2.75, 3.05) is 0 Å². The van der Waals surface area contributed by atoms with Crippen LogP contribution in [0.3, 0.4) is 0 Å². The second kappa shape index (κ2) is 5.55. The zero-order valence-electron chi connectivity index (χ0n) is 9.56. The summed E-state index contributed by atoms with van der Waals surface area (Å²) in [5, 5.41) is 9.13. The maximum atomic E-state index is 12.8. The van der Waals surface area contributed by atoms with Crippen LogP contribution in [0.5, 0.6) is 0 Å². The van der Waals surface area contributed by atoms with Crippen LogP contribution in [-0.4, -0.2) is 23.6 Å². The molecule has 0 aliphatic carbocycles. The Morgan fingerprint density at radius 3 is 1.60 bits per heavy atom.